The molecule has 0 spiro atoms. The number of hydrogen-bond donors (Lipinski definition) is 3. The van der Waals surface area contributed by atoms with Gasteiger partial charge in [0.25, 0.3) is 0 Å². The summed E-state index contributed by atoms with van der Waals surface area (Å²) in [5, 5.41) is 15.4. The van der Waals surface area contributed by atoms with Crippen molar-refractivity contribution >= 4 is 45.5 Å². The number of aromatic amines is 1. The quantitative estimate of drug-likeness (QED) is 0.288. The van der Waals surface area contributed by atoms with Gasteiger partial charge in [-0.05, 0) is 56.3 Å². The predicted molar refractivity (Wildman–Crippen MR) is 155 cm³/mol. The van der Waals surface area contributed by atoms with Crippen LogP contribution < -0.4 is 5.32 Å². The van der Waals surface area contributed by atoms with Crippen LogP contribution in [-0.2, 0) is 4.79 Å². The number of H-pyrrole nitrogens is 1. The van der Waals surface area contributed by atoms with E-state index in [4.69, 9.17) is 16.6 Å². The number of carbonyl (C=O) groups is 1. The number of anilines is 1. The van der Waals surface area contributed by atoms with E-state index in [1.165, 1.54) is 0 Å². The Labute approximate surface area is 227 Å². The van der Waals surface area contributed by atoms with Gasteiger partial charge in [0, 0.05) is 47.8 Å². The third-order valence-electron chi connectivity index (χ3n) is 7.25. The number of nitrogens with one attached hydrogen (secondary N) is 2. The third-order valence-corrected chi connectivity index (χ3v) is 7.49. The lowest BCUT2D eigenvalue weighted by atomic mass is 10.00. The lowest BCUT2D eigenvalue weighted by Gasteiger charge is -2.31. The zero-order valence-electron chi connectivity index (χ0n) is 21.9. The highest BCUT2D eigenvalue weighted by Gasteiger charge is 2.20. The number of piperazine rings is 1. The van der Waals surface area contributed by atoms with Crippen molar-refractivity contribution in [3.63, 3.8) is 0 Å². The minimum Gasteiger partial charge on any atom is -0.494 e. The minimum absolute atomic E-state index is 0.0133. The van der Waals surface area contributed by atoms with Crippen molar-refractivity contribution in [1.82, 2.24) is 14.8 Å². The molecule has 1 saturated heterocycles. The second-order valence-corrected chi connectivity index (χ2v) is 10.3. The zero-order valence-corrected chi connectivity index (χ0v) is 22.6. The molecule has 3 N–H and O–H groups in total. The molecule has 0 aliphatic carbocycles. The van der Waals surface area contributed by atoms with Crippen LogP contribution in [0.4, 0.5) is 11.4 Å². The highest BCUT2D eigenvalue weighted by atomic mass is 35.5. The topological polar surface area (TPSA) is 84.0 Å². The van der Waals surface area contributed by atoms with Crippen molar-refractivity contribution in [3.05, 3.63) is 87.9 Å². The first-order valence-corrected chi connectivity index (χ1v) is 13.1. The molecule has 1 aliphatic rings. The Morgan fingerprint density at radius 1 is 1.03 bits per heavy atom. The van der Waals surface area contributed by atoms with Gasteiger partial charge in [0.05, 0.1) is 29.0 Å². The Bertz CT molecular complexity index is 1500. The lowest BCUT2D eigenvalue weighted by Crippen LogP contribution is -2.47. The number of aliphatic imine (C=N–C) groups is 1. The van der Waals surface area contributed by atoms with Gasteiger partial charge in [0.2, 0.25) is 5.91 Å². The Balaban J connectivity index is 1.48. The van der Waals surface area contributed by atoms with Crippen LogP contribution in [-0.4, -0.2) is 71.3 Å². The number of carbonyl (C=O) groups excluding carboxylic acids is 1. The van der Waals surface area contributed by atoms with Crippen molar-refractivity contribution in [2.24, 2.45) is 4.99 Å². The molecule has 0 bridgehead atoms. The number of amides is 1. The van der Waals surface area contributed by atoms with Crippen molar-refractivity contribution in [1.29, 1.82) is 0 Å². The molecule has 5 rings (SSSR count). The van der Waals surface area contributed by atoms with E-state index >= 15 is 0 Å². The van der Waals surface area contributed by atoms with E-state index < -0.39 is 0 Å². The lowest BCUT2D eigenvalue weighted by molar-refractivity contribution is -0.117. The number of hydrogen-bond acceptors (Lipinski definition) is 5. The molecule has 1 aromatic heterocycles. The molecule has 0 atom stereocenters. The summed E-state index contributed by atoms with van der Waals surface area (Å²) in [5.74, 6) is 0.0210. The van der Waals surface area contributed by atoms with Gasteiger partial charge in [-0.15, -0.1) is 0 Å². The Kier molecular flexibility index (Phi) is 7.51. The maximum atomic E-state index is 12.8. The summed E-state index contributed by atoms with van der Waals surface area (Å²) in [6, 6.07) is 19.1. The van der Waals surface area contributed by atoms with E-state index in [-0.39, 0.29) is 11.8 Å². The summed E-state index contributed by atoms with van der Waals surface area (Å²) in [5.41, 5.74) is 6.33. The van der Waals surface area contributed by atoms with Crippen LogP contribution in [0, 0.1) is 13.8 Å². The smallest absolute Gasteiger partial charge is 0.238 e. The Hall–Kier alpha value is -3.65. The molecule has 2 heterocycles. The van der Waals surface area contributed by atoms with Crippen molar-refractivity contribution in [3.8, 4) is 5.88 Å². The monoisotopic (exact) mass is 529 g/mol. The maximum absolute atomic E-state index is 12.8. The van der Waals surface area contributed by atoms with E-state index in [0.717, 1.165) is 65.1 Å². The fourth-order valence-corrected chi connectivity index (χ4v) is 5.01. The van der Waals surface area contributed by atoms with Crippen LogP contribution >= 0.6 is 11.6 Å². The average Bonchev–Trinajstić information content (AvgIpc) is 3.22. The SMILES string of the molecule is Cc1c(N=C(c2ccccc2)c2c(O)[nH]c3cc(Cl)ccc23)ccc(NC(=O)CN2CCN(C)CC2)c1C. The summed E-state index contributed by atoms with van der Waals surface area (Å²) in [6.45, 7) is 8.11. The Morgan fingerprint density at radius 2 is 1.76 bits per heavy atom. The zero-order chi connectivity index (χ0) is 26.8. The molecular formula is C30H32ClN5O2. The second-order valence-electron chi connectivity index (χ2n) is 9.87. The van der Waals surface area contributed by atoms with Gasteiger partial charge in [0.1, 0.15) is 0 Å². The molecular weight excluding hydrogens is 498 g/mol. The summed E-state index contributed by atoms with van der Waals surface area (Å²) < 4.78 is 0. The molecule has 1 aliphatic heterocycles. The first-order valence-electron chi connectivity index (χ1n) is 12.8. The van der Waals surface area contributed by atoms with Crippen LogP contribution in [0.1, 0.15) is 22.3 Å². The minimum atomic E-state index is -0.0133. The molecule has 0 radical (unpaired) electrons. The molecule has 1 fully saturated rings. The number of halogens is 1. The molecule has 0 saturated carbocycles. The first kappa shape index (κ1) is 26.0. The maximum Gasteiger partial charge on any atom is 0.238 e. The highest BCUT2D eigenvalue weighted by Crippen LogP contribution is 2.34. The van der Waals surface area contributed by atoms with Gasteiger partial charge in [0.15, 0.2) is 5.88 Å². The van der Waals surface area contributed by atoms with Gasteiger partial charge in [-0.3, -0.25) is 9.69 Å². The van der Waals surface area contributed by atoms with Crippen LogP contribution in [0.2, 0.25) is 5.02 Å². The number of benzene rings is 3. The largest absolute Gasteiger partial charge is 0.494 e. The molecule has 196 valence electrons. The van der Waals surface area contributed by atoms with E-state index in [2.05, 4.69) is 27.1 Å². The fraction of sp³-hybridized carbons (Fsp3) is 0.267. The van der Waals surface area contributed by atoms with Crippen LogP contribution in [0.15, 0.2) is 65.7 Å². The third kappa shape index (κ3) is 5.45. The number of aromatic nitrogens is 1. The molecule has 1 amide bonds. The molecule has 7 nitrogen and oxygen atoms in total. The molecule has 3 aromatic carbocycles. The number of rotatable bonds is 6. The summed E-state index contributed by atoms with van der Waals surface area (Å²) in [7, 11) is 2.10. The highest BCUT2D eigenvalue weighted by molar-refractivity contribution is 6.31. The molecule has 8 heteroatoms. The average molecular weight is 530 g/mol. The van der Waals surface area contributed by atoms with Gasteiger partial charge in [-0.25, -0.2) is 4.99 Å². The Morgan fingerprint density at radius 3 is 2.50 bits per heavy atom. The van der Waals surface area contributed by atoms with Gasteiger partial charge in [-0.2, -0.15) is 0 Å². The van der Waals surface area contributed by atoms with E-state index in [1.54, 1.807) is 12.1 Å². The van der Waals surface area contributed by atoms with Gasteiger partial charge >= 0.3 is 0 Å². The number of aromatic hydroxyl groups is 1. The van der Waals surface area contributed by atoms with E-state index in [9.17, 15) is 9.90 Å². The van der Waals surface area contributed by atoms with E-state index in [1.807, 2.05) is 62.4 Å². The van der Waals surface area contributed by atoms with Crippen molar-refractivity contribution in [2.45, 2.75) is 13.8 Å². The van der Waals surface area contributed by atoms with Crippen molar-refractivity contribution in [2.75, 3.05) is 45.1 Å². The summed E-state index contributed by atoms with van der Waals surface area (Å²) in [4.78, 5) is 25.3. The summed E-state index contributed by atoms with van der Waals surface area (Å²) >= 11 is 6.19. The van der Waals surface area contributed by atoms with Crippen LogP contribution in [0.5, 0.6) is 5.88 Å². The second kappa shape index (κ2) is 11.0. The van der Waals surface area contributed by atoms with Crippen LogP contribution in [0.3, 0.4) is 0 Å². The van der Waals surface area contributed by atoms with E-state index in [0.29, 0.717) is 22.8 Å². The molecule has 4 aromatic rings. The normalized spacial score (nSPS) is 15.2. The van der Waals surface area contributed by atoms with Gasteiger partial charge in [-0.1, -0.05) is 48.0 Å². The standard InChI is InChI=1S/C30H32ClN5O2/c1-19-20(2)25(12-11-24(19)32-27(37)18-36-15-13-35(3)14-16-36)33-29(21-7-5-4-6-8-21)28-23-10-9-22(31)17-26(23)34-30(28)38/h4-12,17,34,38H,13-16,18H2,1-3H3,(H,32,37). The fourth-order valence-electron chi connectivity index (χ4n) is 4.84. The number of fused-ring (bicyclic) bond motifs is 1. The first-order chi connectivity index (χ1) is 18.3. The van der Waals surface area contributed by atoms with Gasteiger partial charge < -0.3 is 20.3 Å². The van der Waals surface area contributed by atoms with Crippen molar-refractivity contribution < 1.29 is 9.90 Å². The summed E-state index contributed by atoms with van der Waals surface area (Å²) in [6.07, 6.45) is 0. The van der Waals surface area contributed by atoms with Crippen LogP contribution in [0.25, 0.3) is 10.9 Å². The molecule has 0 unspecified atom stereocenters. The predicted octanol–water partition coefficient (Wildman–Crippen LogP) is 5.50. The number of likely N-dealkylation sites (N-methyl/N-ethyl adjacent to an activating group) is 1. The number of nitrogens with zero attached hydrogens (tertiary/aromatic N) is 3. The molecule has 38 heavy (non-hydrogen) atoms.